The zero-order valence-electron chi connectivity index (χ0n) is 14.3. The van der Waals surface area contributed by atoms with Gasteiger partial charge in [-0.25, -0.2) is 9.67 Å². The van der Waals surface area contributed by atoms with E-state index in [-0.39, 0.29) is 24.6 Å². The lowest BCUT2D eigenvalue weighted by Crippen LogP contribution is -2.24. The largest absolute Gasteiger partial charge is 0.475 e. The molecule has 0 bridgehead atoms. The molecule has 1 atom stereocenters. The van der Waals surface area contributed by atoms with Gasteiger partial charge in [-0.2, -0.15) is 0 Å². The number of nitrogens with one attached hydrogen (secondary N) is 1. The van der Waals surface area contributed by atoms with Crippen LogP contribution in [0, 0.1) is 10.1 Å². The Morgan fingerprint density at radius 2 is 2.23 bits per heavy atom. The first-order chi connectivity index (χ1) is 12.3. The number of esters is 1. The van der Waals surface area contributed by atoms with Crippen molar-refractivity contribution in [3.05, 3.63) is 27.4 Å². The van der Waals surface area contributed by atoms with Crippen LogP contribution in [0.3, 0.4) is 0 Å². The van der Waals surface area contributed by atoms with Crippen molar-refractivity contribution in [2.45, 2.75) is 26.3 Å². The summed E-state index contributed by atoms with van der Waals surface area (Å²) in [6.07, 6.45) is 1.13. The number of anilines is 1. The quantitative estimate of drug-likeness (QED) is 0.412. The SMILES string of the molecule is CCOC(=O)Cc1csc(NC(=O)C(C)n2cc([N+](=O)[O-])c(OC)n2)n1. The molecule has 1 amide bonds. The van der Waals surface area contributed by atoms with E-state index in [1.54, 1.807) is 12.3 Å². The maximum Gasteiger partial charge on any atom is 0.350 e. The number of ether oxygens (including phenoxy) is 2. The molecule has 0 aliphatic carbocycles. The van der Waals surface area contributed by atoms with E-state index < -0.39 is 22.8 Å². The highest BCUT2D eigenvalue weighted by atomic mass is 32.1. The van der Waals surface area contributed by atoms with Gasteiger partial charge in [-0.15, -0.1) is 16.4 Å². The van der Waals surface area contributed by atoms with E-state index in [0.717, 1.165) is 22.2 Å². The first kappa shape index (κ1) is 19.3. The highest BCUT2D eigenvalue weighted by Crippen LogP contribution is 2.26. The normalized spacial score (nSPS) is 11.7. The summed E-state index contributed by atoms with van der Waals surface area (Å²) >= 11 is 1.15. The van der Waals surface area contributed by atoms with E-state index in [4.69, 9.17) is 9.47 Å². The van der Waals surface area contributed by atoms with Gasteiger partial charge in [0.1, 0.15) is 12.2 Å². The molecule has 0 saturated carbocycles. The van der Waals surface area contributed by atoms with Crippen molar-refractivity contribution in [3.63, 3.8) is 0 Å². The number of methoxy groups -OCH3 is 1. The first-order valence-corrected chi connectivity index (χ1v) is 8.42. The van der Waals surface area contributed by atoms with Gasteiger partial charge in [-0.05, 0) is 13.8 Å². The minimum absolute atomic E-state index is 0.0122. The van der Waals surface area contributed by atoms with Gasteiger partial charge in [-0.1, -0.05) is 0 Å². The van der Waals surface area contributed by atoms with E-state index in [2.05, 4.69) is 15.4 Å². The minimum Gasteiger partial charge on any atom is -0.475 e. The molecule has 1 N–H and O–H groups in total. The monoisotopic (exact) mass is 383 g/mol. The summed E-state index contributed by atoms with van der Waals surface area (Å²) in [5, 5.41) is 19.4. The lowest BCUT2D eigenvalue weighted by atomic mass is 10.3. The number of thiazole rings is 1. The van der Waals surface area contributed by atoms with Gasteiger partial charge in [0.05, 0.1) is 30.8 Å². The fraction of sp³-hybridized carbons (Fsp3) is 0.429. The third-order valence-corrected chi connectivity index (χ3v) is 4.07. The summed E-state index contributed by atoms with van der Waals surface area (Å²) in [7, 11) is 1.26. The molecule has 2 aromatic rings. The zero-order chi connectivity index (χ0) is 19.3. The van der Waals surface area contributed by atoms with Crippen LogP contribution in [-0.2, 0) is 20.7 Å². The van der Waals surface area contributed by atoms with Crippen LogP contribution >= 0.6 is 11.3 Å². The number of hydrogen-bond donors (Lipinski definition) is 1. The van der Waals surface area contributed by atoms with Gasteiger partial charge in [0.25, 0.3) is 5.91 Å². The van der Waals surface area contributed by atoms with Crippen LogP contribution in [-0.4, -0.2) is 45.3 Å². The van der Waals surface area contributed by atoms with E-state index in [0.29, 0.717) is 10.8 Å². The van der Waals surface area contributed by atoms with Crippen LogP contribution in [0.15, 0.2) is 11.6 Å². The predicted octanol–water partition coefficient (Wildman–Crippen LogP) is 1.56. The highest BCUT2D eigenvalue weighted by molar-refractivity contribution is 7.13. The van der Waals surface area contributed by atoms with Gasteiger partial charge in [0.15, 0.2) is 5.13 Å². The molecule has 2 aromatic heterocycles. The average Bonchev–Trinajstić information content (AvgIpc) is 3.21. The van der Waals surface area contributed by atoms with Crippen molar-refractivity contribution in [3.8, 4) is 5.88 Å². The second kappa shape index (κ2) is 8.38. The molecule has 0 radical (unpaired) electrons. The zero-order valence-corrected chi connectivity index (χ0v) is 15.1. The average molecular weight is 383 g/mol. The Hall–Kier alpha value is -3.02. The summed E-state index contributed by atoms with van der Waals surface area (Å²) in [6.45, 7) is 3.52. The second-order valence-corrected chi connectivity index (χ2v) is 5.91. The maximum absolute atomic E-state index is 12.3. The molecule has 0 aliphatic heterocycles. The topological polar surface area (TPSA) is 138 Å². The lowest BCUT2D eigenvalue weighted by Gasteiger charge is -2.10. The number of nitrogens with zero attached hydrogens (tertiary/aromatic N) is 4. The summed E-state index contributed by atoms with van der Waals surface area (Å²) in [4.78, 5) is 38.2. The van der Waals surface area contributed by atoms with Gasteiger partial charge >= 0.3 is 17.5 Å². The van der Waals surface area contributed by atoms with Crippen molar-refractivity contribution in [2.24, 2.45) is 0 Å². The Bertz CT molecular complexity index is 817. The molecule has 2 rings (SSSR count). The fourth-order valence-corrected chi connectivity index (χ4v) is 2.68. The molecular weight excluding hydrogens is 366 g/mol. The van der Waals surface area contributed by atoms with Crippen LogP contribution in [0.25, 0.3) is 0 Å². The third-order valence-electron chi connectivity index (χ3n) is 3.26. The molecule has 0 aliphatic rings. The summed E-state index contributed by atoms with van der Waals surface area (Å²) in [5.41, 5.74) is 0.144. The van der Waals surface area contributed by atoms with E-state index in [1.165, 1.54) is 14.0 Å². The van der Waals surface area contributed by atoms with E-state index in [9.17, 15) is 19.7 Å². The number of amides is 1. The Morgan fingerprint density at radius 1 is 1.50 bits per heavy atom. The molecule has 2 heterocycles. The van der Waals surface area contributed by atoms with Crippen LogP contribution in [0.1, 0.15) is 25.6 Å². The Balaban J connectivity index is 2.04. The summed E-state index contributed by atoms with van der Waals surface area (Å²) < 4.78 is 10.8. The van der Waals surface area contributed by atoms with Crippen LogP contribution in [0.4, 0.5) is 10.8 Å². The maximum atomic E-state index is 12.3. The van der Waals surface area contributed by atoms with Crippen molar-refractivity contribution < 1.29 is 24.0 Å². The molecule has 12 heteroatoms. The fourth-order valence-electron chi connectivity index (χ4n) is 1.97. The summed E-state index contributed by atoms with van der Waals surface area (Å²) in [5.74, 6) is -1.05. The van der Waals surface area contributed by atoms with Crippen molar-refractivity contribution in [1.82, 2.24) is 14.8 Å². The van der Waals surface area contributed by atoms with Crippen molar-refractivity contribution in [2.75, 3.05) is 19.0 Å². The van der Waals surface area contributed by atoms with Crippen molar-refractivity contribution >= 4 is 34.0 Å². The van der Waals surface area contributed by atoms with Crippen LogP contribution < -0.4 is 10.1 Å². The van der Waals surface area contributed by atoms with Gasteiger partial charge in [0.2, 0.25) is 0 Å². The number of carbonyl (C=O) groups is 2. The molecule has 0 spiro atoms. The number of rotatable bonds is 8. The Kier molecular flexibility index (Phi) is 6.22. The lowest BCUT2D eigenvalue weighted by molar-refractivity contribution is -0.385. The molecular formula is C14H17N5O6S. The second-order valence-electron chi connectivity index (χ2n) is 5.05. The molecule has 11 nitrogen and oxygen atoms in total. The number of aromatic nitrogens is 3. The number of hydrogen-bond acceptors (Lipinski definition) is 9. The van der Waals surface area contributed by atoms with Crippen LogP contribution in [0.2, 0.25) is 0 Å². The Labute approximate surface area is 152 Å². The smallest absolute Gasteiger partial charge is 0.350 e. The number of carbonyl (C=O) groups excluding carboxylic acids is 2. The van der Waals surface area contributed by atoms with Gasteiger partial charge in [0, 0.05) is 5.38 Å². The van der Waals surface area contributed by atoms with E-state index in [1.807, 2.05) is 0 Å². The first-order valence-electron chi connectivity index (χ1n) is 7.54. The molecule has 140 valence electrons. The van der Waals surface area contributed by atoms with Crippen LogP contribution in [0.5, 0.6) is 5.88 Å². The molecule has 0 aromatic carbocycles. The third kappa shape index (κ3) is 4.53. The van der Waals surface area contributed by atoms with E-state index >= 15 is 0 Å². The van der Waals surface area contributed by atoms with Gasteiger partial charge in [-0.3, -0.25) is 19.7 Å². The molecule has 26 heavy (non-hydrogen) atoms. The summed E-state index contributed by atoms with van der Waals surface area (Å²) in [6, 6.07) is -0.838. The Morgan fingerprint density at radius 3 is 2.81 bits per heavy atom. The molecule has 0 saturated heterocycles. The minimum atomic E-state index is -0.838. The predicted molar refractivity (Wildman–Crippen MR) is 91.2 cm³/mol. The van der Waals surface area contributed by atoms with Crippen molar-refractivity contribution in [1.29, 1.82) is 0 Å². The highest BCUT2D eigenvalue weighted by Gasteiger charge is 2.25. The van der Waals surface area contributed by atoms with Gasteiger partial charge < -0.3 is 14.8 Å². The molecule has 1 unspecified atom stereocenters. The standard InChI is InChI=1S/C14H17N5O6S/c1-4-25-11(20)5-9-7-26-14(15-9)16-12(21)8(2)18-6-10(19(22)23)13(17-18)24-3/h6-8H,4-5H2,1-3H3,(H,15,16,21). The molecule has 0 fully saturated rings. The number of nitro groups is 1.